The average Bonchev–Trinajstić information content (AvgIpc) is 3.43. The van der Waals surface area contributed by atoms with Crippen molar-refractivity contribution in [2.45, 2.75) is 57.8 Å². The molecule has 0 saturated heterocycles. The normalized spacial score (nSPS) is 20.6. The highest BCUT2D eigenvalue weighted by Crippen LogP contribution is 2.56. The van der Waals surface area contributed by atoms with Gasteiger partial charge >= 0.3 is 0 Å². The summed E-state index contributed by atoms with van der Waals surface area (Å²) in [5.41, 5.74) is 6.40. The lowest BCUT2D eigenvalue weighted by Gasteiger charge is -2.36. The Hall–Kier alpha value is -3.98. The molecule has 3 heteroatoms. The molecule has 0 amide bonds. The van der Waals surface area contributed by atoms with Gasteiger partial charge in [0, 0.05) is 11.5 Å². The van der Waals surface area contributed by atoms with Crippen LogP contribution in [-0.2, 0) is 13.2 Å². The second-order valence-electron chi connectivity index (χ2n) is 10.7. The molecule has 3 unspecified atom stereocenters. The molecule has 39 heavy (non-hydrogen) atoms. The molecule has 4 aromatic rings. The molecule has 6 rings (SSSR count). The summed E-state index contributed by atoms with van der Waals surface area (Å²) in [6.07, 6.45) is 6.98. The molecule has 0 aromatic heterocycles. The second-order valence-corrected chi connectivity index (χ2v) is 10.7. The summed E-state index contributed by atoms with van der Waals surface area (Å²) in [6.45, 7) is 3.38. The van der Waals surface area contributed by atoms with Crippen molar-refractivity contribution in [1.29, 1.82) is 0 Å². The van der Waals surface area contributed by atoms with Crippen LogP contribution < -0.4 is 14.2 Å². The Bertz CT molecular complexity index is 1390. The van der Waals surface area contributed by atoms with Crippen molar-refractivity contribution in [3.05, 3.63) is 137 Å². The zero-order valence-electron chi connectivity index (χ0n) is 22.6. The van der Waals surface area contributed by atoms with Gasteiger partial charge in [0.25, 0.3) is 0 Å². The van der Waals surface area contributed by atoms with Gasteiger partial charge < -0.3 is 14.2 Å². The van der Waals surface area contributed by atoms with Gasteiger partial charge in [-0.25, -0.2) is 0 Å². The molecule has 2 aliphatic rings. The van der Waals surface area contributed by atoms with E-state index >= 15 is 0 Å². The van der Waals surface area contributed by atoms with E-state index in [-0.39, 0.29) is 6.10 Å². The standard InChI is InChI=1S/C36H36O3/c1-2-3-10-28-21-32-33-23-31(38-25-27-13-8-5-9-14-27)19-20-35(33)39-36(34(32)22-28)29-15-17-30(18-16-29)37-24-26-11-6-4-7-12-26/h4-20,23,32,34,36H,2-3,21-22,24-25H2,1H3. The summed E-state index contributed by atoms with van der Waals surface area (Å²) in [4.78, 5) is 0. The van der Waals surface area contributed by atoms with Crippen molar-refractivity contribution in [3.8, 4) is 17.2 Å². The number of benzene rings is 4. The maximum atomic E-state index is 6.75. The molecule has 1 fully saturated rings. The average molecular weight is 517 g/mol. The number of unbranched alkanes of at least 4 members (excludes halogenated alkanes) is 1. The van der Waals surface area contributed by atoms with Crippen LogP contribution in [0.25, 0.3) is 0 Å². The lowest BCUT2D eigenvalue weighted by atomic mass is 9.80. The van der Waals surface area contributed by atoms with E-state index in [1.807, 2.05) is 30.3 Å². The third kappa shape index (κ3) is 5.88. The lowest BCUT2D eigenvalue weighted by molar-refractivity contribution is 0.104. The predicted octanol–water partition coefficient (Wildman–Crippen LogP) is 9.20. The number of rotatable bonds is 9. The van der Waals surface area contributed by atoms with E-state index in [1.54, 1.807) is 5.57 Å². The first-order valence-corrected chi connectivity index (χ1v) is 14.2. The van der Waals surface area contributed by atoms with Gasteiger partial charge in [-0.2, -0.15) is 0 Å². The maximum absolute atomic E-state index is 6.75. The smallest absolute Gasteiger partial charge is 0.127 e. The van der Waals surface area contributed by atoms with Crippen LogP contribution in [0.3, 0.4) is 0 Å². The molecule has 1 aliphatic carbocycles. The summed E-state index contributed by atoms with van der Waals surface area (Å²) >= 11 is 0. The summed E-state index contributed by atoms with van der Waals surface area (Å²) in [7, 11) is 0. The Morgan fingerprint density at radius 3 is 2.05 bits per heavy atom. The molecule has 1 aliphatic heterocycles. The quantitative estimate of drug-likeness (QED) is 0.208. The Morgan fingerprint density at radius 2 is 1.38 bits per heavy atom. The van der Waals surface area contributed by atoms with Gasteiger partial charge in [-0.05, 0) is 72.2 Å². The van der Waals surface area contributed by atoms with Crippen molar-refractivity contribution in [2.75, 3.05) is 0 Å². The minimum Gasteiger partial charge on any atom is -0.489 e. The van der Waals surface area contributed by atoms with Crippen molar-refractivity contribution in [2.24, 2.45) is 5.92 Å². The Morgan fingerprint density at radius 1 is 0.744 bits per heavy atom. The highest BCUT2D eigenvalue weighted by molar-refractivity contribution is 5.48. The third-order valence-corrected chi connectivity index (χ3v) is 7.95. The number of fused-ring (bicyclic) bond motifs is 3. The monoisotopic (exact) mass is 516 g/mol. The second kappa shape index (κ2) is 11.8. The van der Waals surface area contributed by atoms with Crippen molar-refractivity contribution < 1.29 is 14.2 Å². The van der Waals surface area contributed by atoms with Crippen LogP contribution in [0.2, 0.25) is 0 Å². The van der Waals surface area contributed by atoms with E-state index in [0.717, 1.165) is 36.5 Å². The number of hydrogen-bond acceptors (Lipinski definition) is 3. The maximum Gasteiger partial charge on any atom is 0.127 e. The Labute approximate surface area is 232 Å². The summed E-state index contributed by atoms with van der Waals surface area (Å²) in [5.74, 6) is 3.60. The van der Waals surface area contributed by atoms with Crippen LogP contribution in [0.5, 0.6) is 17.2 Å². The molecule has 4 aromatic carbocycles. The molecule has 198 valence electrons. The van der Waals surface area contributed by atoms with Gasteiger partial charge in [0.05, 0.1) is 0 Å². The predicted molar refractivity (Wildman–Crippen MR) is 156 cm³/mol. The SMILES string of the molecule is CCCC=C1CC2c3cc(OCc4ccccc4)ccc3OC(c3ccc(OCc4ccccc4)cc3)C2C1. The van der Waals surface area contributed by atoms with Crippen LogP contribution in [-0.4, -0.2) is 0 Å². The zero-order valence-corrected chi connectivity index (χ0v) is 22.6. The van der Waals surface area contributed by atoms with E-state index in [0.29, 0.717) is 25.0 Å². The molecule has 3 nitrogen and oxygen atoms in total. The summed E-state index contributed by atoms with van der Waals surface area (Å²) < 4.78 is 19.0. The van der Waals surface area contributed by atoms with Crippen LogP contribution in [0, 0.1) is 5.92 Å². The van der Waals surface area contributed by atoms with Gasteiger partial charge in [0.2, 0.25) is 0 Å². The van der Waals surface area contributed by atoms with Gasteiger partial charge in [0.1, 0.15) is 36.6 Å². The van der Waals surface area contributed by atoms with Crippen LogP contribution in [0.15, 0.2) is 115 Å². The largest absolute Gasteiger partial charge is 0.489 e. The molecule has 1 saturated carbocycles. The van der Waals surface area contributed by atoms with Crippen molar-refractivity contribution >= 4 is 0 Å². The number of hydrogen-bond donors (Lipinski definition) is 0. The van der Waals surface area contributed by atoms with E-state index in [1.165, 1.54) is 28.7 Å². The Kier molecular flexibility index (Phi) is 7.67. The van der Waals surface area contributed by atoms with Crippen molar-refractivity contribution in [1.82, 2.24) is 0 Å². The van der Waals surface area contributed by atoms with Crippen LogP contribution >= 0.6 is 0 Å². The van der Waals surface area contributed by atoms with E-state index in [2.05, 4.69) is 85.8 Å². The molecular formula is C36H36O3. The summed E-state index contributed by atoms with van der Waals surface area (Å²) in [5, 5.41) is 0. The number of ether oxygens (including phenoxy) is 3. The third-order valence-electron chi connectivity index (χ3n) is 7.95. The first kappa shape index (κ1) is 25.3. The van der Waals surface area contributed by atoms with Crippen LogP contribution in [0.1, 0.15) is 66.9 Å². The topological polar surface area (TPSA) is 27.7 Å². The van der Waals surface area contributed by atoms with E-state index in [9.17, 15) is 0 Å². The van der Waals surface area contributed by atoms with E-state index < -0.39 is 0 Å². The lowest BCUT2D eigenvalue weighted by Crippen LogP contribution is -2.26. The highest BCUT2D eigenvalue weighted by Gasteiger charge is 2.43. The molecule has 0 N–H and O–H groups in total. The fraction of sp³-hybridized carbons (Fsp3) is 0.278. The number of allylic oxidation sites excluding steroid dienone is 2. The van der Waals surface area contributed by atoms with Gasteiger partial charge in [-0.1, -0.05) is 97.8 Å². The summed E-state index contributed by atoms with van der Waals surface area (Å²) in [6, 6.07) is 35.5. The molecular weight excluding hydrogens is 480 g/mol. The molecule has 0 bridgehead atoms. The first-order chi connectivity index (χ1) is 19.3. The minimum absolute atomic E-state index is 0.0225. The minimum atomic E-state index is 0.0225. The van der Waals surface area contributed by atoms with E-state index in [4.69, 9.17) is 14.2 Å². The molecule has 3 atom stereocenters. The fourth-order valence-electron chi connectivity index (χ4n) is 5.92. The molecule has 1 heterocycles. The highest BCUT2D eigenvalue weighted by atomic mass is 16.5. The first-order valence-electron chi connectivity index (χ1n) is 14.2. The molecule has 0 spiro atoms. The Balaban J connectivity index is 1.22. The molecule has 0 radical (unpaired) electrons. The van der Waals surface area contributed by atoms with Gasteiger partial charge in [-0.15, -0.1) is 0 Å². The van der Waals surface area contributed by atoms with Gasteiger partial charge in [-0.3, -0.25) is 0 Å². The van der Waals surface area contributed by atoms with Crippen LogP contribution in [0.4, 0.5) is 0 Å². The fourth-order valence-corrected chi connectivity index (χ4v) is 5.92. The zero-order chi connectivity index (χ0) is 26.4. The van der Waals surface area contributed by atoms with Crippen molar-refractivity contribution in [3.63, 3.8) is 0 Å². The van der Waals surface area contributed by atoms with Gasteiger partial charge in [0.15, 0.2) is 0 Å².